The van der Waals surface area contributed by atoms with Crippen molar-refractivity contribution in [3.63, 3.8) is 0 Å². The van der Waals surface area contributed by atoms with Crippen LogP contribution in [0.1, 0.15) is 44.9 Å². The fourth-order valence-corrected chi connectivity index (χ4v) is 2.83. The highest BCUT2D eigenvalue weighted by Gasteiger charge is 2.60. The van der Waals surface area contributed by atoms with Crippen LogP contribution in [0.25, 0.3) is 0 Å². The maximum atomic E-state index is 10.1. The Morgan fingerprint density at radius 1 is 1.44 bits per heavy atom. The highest BCUT2D eigenvalue weighted by atomic mass is 35.5. The van der Waals surface area contributed by atoms with Crippen molar-refractivity contribution in [1.29, 1.82) is 0 Å². The number of aliphatic hydroxyl groups is 1. The summed E-state index contributed by atoms with van der Waals surface area (Å²) in [7, 11) is 0. The Balaban J connectivity index is 1.73. The normalized spacial score (nSPS) is 35.0. The standard InChI is InChI=1S/C13H21ClO2/c14-10-6-2-1-3-7-11(15)13-9-5-4-8-12(13)16-13/h3,7,11-12,15H,1-2,4-6,8-10H2/b7-3+/t11-,12?,13?/m0/s1. The summed E-state index contributed by atoms with van der Waals surface area (Å²) in [5.41, 5.74) is -0.207. The van der Waals surface area contributed by atoms with Crippen molar-refractivity contribution in [2.24, 2.45) is 0 Å². The number of alkyl halides is 1. The number of hydrogen-bond acceptors (Lipinski definition) is 2. The van der Waals surface area contributed by atoms with Crippen LogP contribution in [0.4, 0.5) is 0 Å². The zero-order chi connectivity index (χ0) is 11.4. The van der Waals surface area contributed by atoms with Crippen molar-refractivity contribution in [3.8, 4) is 0 Å². The number of fused-ring (bicyclic) bond motifs is 1. The van der Waals surface area contributed by atoms with Crippen LogP contribution in [0.5, 0.6) is 0 Å². The fourth-order valence-electron chi connectivity index (χ4n) is 2.64. The summed E-state index contributed by atoms with van der Waals surface area (Å²) in [5.74, 6) is 0.728. The molecule has 0 bridgehead atoms. The van der Waals surface area contributed by atoms with E-state index in [0.717, 1.165) is 38.0 Å². The van der Waals surface area contributed by atoms with Gasteiger partial charge in [-0.3, -0.25) is 0 Å². The minimum atomic E-state index is -0.409. The molecule has 1 aliphatic carbocycles. The molecule has 0 aromatic rings. The molecule has 3 atom stereocenters. The van der Waals surface area contributed by atoms with Gasteiger partial charge in [0.25, 0.3) is 0 Å². The number of ether oxygens (including phenoxy) is 1. The van der Waals surface area contributed by atoms with Gasteiger partial charge in [-0.25, -0.2) is 0 Å². The molecule has 1 saturated carbocycles. The molecule has 0 spiro atoms. The number of halogens is 1. The summed E-state index contributed by atoms with van der Waals surface area (Å²) in [6.45, 7) is 0. The van der Waals surface area contributed by atoms with Crippen LogP contribution in [0.15, 0.2) is 12.2 Å². The Kier molecular flexibility index (Phi) is 4.28. The monoisotopic (exact) mass is 244 g/mol. The summed E-state index contributed by atoms with van der Waals surface area (Å²) in [4.78, 5) is 0. The van der Waals surface area contributed by atoms with Gasteiger partial charge in [-0.2, -0.15) is 0 Å². The molecule has 0 aromatic carbocycles. The Hall–Kier alpha value is -0.0500. The molecule has 16 heavy (non-hydrogen) atoms. The van der Waals surface area contributed by atoms with Gasteiger partial charge in [-0.15, -0.1) is 11.6 Å². The predicted molar refractivity (Wildman–Crippen MR) is 65.8 cm³/mol. The van der Waals surface area contributed by atoms with Crippen LogP contribution in [-0.4, -0.2) is 28.8 Å². The second-order valence-corrected chi connectivity index (χ2v) is 5.24. The molecular formula is C13H21ClO2. The lowest BCUT2D eigenvalue weighted by Crippen LogP contribution is -2.32. The first-order valence-corrected chi connectivity index (χ1v) is 6.91. The molecule has 2 rings (SSSR count). The molecule has 0 amide bonds. The molecule has 0 aromatic heterocycles. The quantitative estimate of drug-likeness (QED) is 0.337. The average Bonchev–Trinajstić information content (AvgIpc) is 3.04. The summed E-state index contributed by atoms with van der Waals surface area (Å²) in [6, 6.07) is 0. The first-order valence-electron chi connectivity index (χ1n) is 6.38. The van der Waals surface area contributed by atoms with E-state index < -0.39 is 6.10 Å². The van der Waals surface area contributed by atoms with E-state index >= 15 is 0 Å². The van der Waals surface area contributed by atoms with E-state index in [0.29, 0.717) is 6.10 Å². The van der Waals surface area contributed by atoms with Crippen molar-refractivity contribution in [3.05, 3.63) is 12.2 Å². The summed E-state index contributed by atoms with van der Waals surface area (Å²) >= 11 is 5.60. The van der Waals surface area contributed by atoms with Crippen LogP contribution >= 0.6 is 11.6 Å². The molecule has 92 valence electrons. The van der Waals surface area contributed by atoms with E-state index in [1.54, 1.807) is 0 Å². The van der Waals surface area contributed by atoms with Crippen LogP contribution in [0.2, 0.25) is 0 Å². The van der Waals surface area contributed by atoms with Crippen molar-refractivity contribution < 1.29 is 9.84 Å². The van der Waals surface area contributed by atoms with Crippen molar-refractivity contribution in [2.45, 2.75) is 62.8 Å². The van der Waals surface area contributed by atoms with Gasteiger partial charge in [0.1, 0.15) is 11.7 Å². The van der Waals surface area contributed by atoms with Crippen LogP contribution in [0, 0.1) is 0 Å². The predicted octanol–water partition coefficient (Wildman–Crippen LogP) is 3.02. The minimum absolute atomic E-state index is 0.207. The third-order valence-corrected chi connectivity index (χ3v) is 3.97. The SMILES string of the molecule is O[C@@H](/C=C/CCCCCl)C12CCCCC1O2. The first-order chi connectivity index (χ1) is 7.79. The number of allylic oxidation sites excluding steroid dienone is 1. The fraction of sp³-hybridized carbons (Fsp3) is 0.846. The summed E-state index contributed by atoms with van der Waals surface area (Å²) in [5, 5.41) is 10.1. The van der Waals surface area contributed by atoms with Crippen molar-refractivity contribution in [1.82, 2.24) is 0 Å². The van der Waals surface area contributed by atoms with E-state index in [4.69, 9.17) is 16.3 Å². The topological polar surface area (TPSA) is 32.8 Å². The molecule has 1 heterocycles. The van der Waals surface area contributed by atoms with E-state index in [1.807, 2.05) is 6.08 Å². The smallest absolute Gasteiger partial charge is 0.124 e. The van der Waals surface area contributed by atoms with Gasteiger partial charge in [0.2, 0.25) is 0 Å². The van der Waals surface area contributed by atoms with Gasteiger partial charge >= 0.3 is 0 Å². The molecular weight excluding hydrogens is 224 g/mol. The maximum Gasteiger partial charge on any atom is 0.124 e. The second kappa shape index (κ2) is 5.52. The lowest BCUT2D eigenvalue weighted by molar-refractivity contribution is 0.104. The van der Waals surface area contributed by atoms with E-state index in [-0.39, 0.29) is 5.60 Å². The minimum Gasteiger partial charge on any atom is -0.386 e. The Morgan fingerprint density at radius 3 is 3.06 bits per heavy atom. The van der Waals surface area contributed by atoms with Gasteiger partial charge in [0, 0.05) is 5.88 Å². The van der Waals surface area contributed by atoms with Crippen LogP contribution in [0.3, 0.4) is 0 Å². The molecule has 1 N–H and O–H groups in total. The molecule has 2 aliphatic rings. The Labute approximate surface area is 103 Å². The third-order valence-electron chi connectivity index (χ3n) is 3.71. The largest absolute Gasteiger partial charge is 0.386 e. The molecule has 1 aliphatic heterocycles. The van der Waals surface area contributed by atoms with Gasteiger partial charge in [0.05, 0.1) is 6.10 Å². The zero-order valence-electron chi connectivity index (χ0n) is 9.70. The number of epoxide rings is 1. The molecule has 1 saturated heterocycles. The zero-order valence-corrected chi connectivity index (χ0v) is 10.5. The maximum absolute atomic E-state index is 10.1. The molecule has 2 nitrogen and oxygen atoms in total. The Bertz CT molecular complexity index is 254. The van der Waals surface area contributed by atoms with Crippen LogP contribution < -0.4 is 0 Å². The second-order valence-electron chi connectivity index (χ2n) is 4.86. The van der Waals surface area contributed by atoms with Gasteiger partial charge in [0.15, 0.2) is 0 Å². The third kappa shape index (κ3) is 2.61. The summed E-state index contributed by atoms with van der Waals surface area (Å²) < 4.78 is 5.68. The lowest BCUT2D eigenvalue weighted by atomic mass is 9.85. The highest BCUT2D eigenvalue weighted by Crippen LogP contribution is 2.50. The van der Waals surface area contributed by atoms with Gasteiger partial charge in [-0.05, 0) is 32.1 Å². The molecule has 2 fully saturated rings. The number of rotatable bonds is 6. The Morgan fingerprint density at radius 2 is 2.31 bits per heavy atom. The number of aliphatic hydroxyl groups excluding tert-OH is 1. The average molecular weight is 245 g/mol. The van der Waals surface area contributed by atoms with Gasteiger partial charge in [-0.1, -0.05) is 25.0 Å². The first kappa shape index (κ1) is 12.4. The number of hydrogen-bond donors (Lipinski definition) is 1. The lowest BCUT2D eigenvalue weighted by Gasteiger charge is -2.20. The number of unbranched alkanes of at least 4 members (excludes halogenated alkanes) is 2. The molecule has 2 unspecified atom stereocenters. The highest BCUT2D eigenvalue weighted by molar-refractivity contribution is 6.17. The summed E-state index contributed by atoms with van der Waals surface area (Å²) in [6.07, 6.45) is 11.6. The van der Waals surface area contributed by atoms with Crippen molar-refractivity contribution >= 4 is 11.6 Å². The molecule has 0 radical (unpaired) electrons. The van der Waals surface area contributed by atoms with E-state index in [2.05, 4.69) is 6.08 Å². The van der Waals surface area contributed by atoms with Crippen molar-refractivity contribution in [2.75, 3.05) is 5.88 Å². The van der Waals surface area contributed by atoms with Crippen LogP contribution in [-0.2, 0) is 4.74 Å². The molecule has 3 heteroatoms. The van der Waals surface area contributed by atoms with Gasteiger partial charge < -0.3 is 9.84 Å². The van der Waals surface area contributed by atoms with E-state index in [9.17, 15) is 5.11 Å². The van der Waals surface area contributed by atoms with E-state index in [1.165, 1.54) is 12.8 Å².